The molecule has 4 aliphatic rings. The van der Waals surface area contributed by atoms with Crippen LogP contribution in [0, 0.1) is 23.2 Å². The lowest BCUT2D eigenvalue weighted by Crippen LogP contribution is -2.63. The maximum absolute atomic E-state index is 13.3. The monoisotopic (exact) mass is 357 g/mol. The van der Waals surface area contributed by atoms with E-state index in [1.54, 1.807) is 30.3 Å². The van der Waals surface area contributed by atoms with E-state index in [4.69, 9.17) is 0 Å². The van der Waals surface area contributed by atoms with E-state index in [1.165, 1.54) is 0 Å². The molecule has 26 heavy (non-hydrogen) atoms. The first-order chi connectivity index (χ1) is 12.2. The normalized spacial score (nSPS) is 35.6. The maximum Gasteiger partial charge on any atom is 0.327 e. The van der Waals surface area contributed by atoms with E-state index in [9.17, 15) is 14.4 Å². The average Bonchev–Trinajstić information content (AvgIpc) is 3.22. The van der Waals surface area contributed by atoms with E-state index in [0.29, 0.717) is 11.6 Å². The summed E-state index contributed by atoms with van der Waals surface area (Å²) in [6.07, 6.45) is 4.88. The summed E-state index contributed by atoms with van der Waals surface area (Å²) in [5.74, 6) is 0.854. The van der Waals surface area contributed by atoms with Crippen LogP contribution < -0.4 is 0 Å². The van der Waals surface area contributed by atoms with Gasteiger partial charge in [-0.25, -0.2) is 4.79 Å². The lowest BCUT2D eigenvalue weighted by Gasteiger charge is -2.63. The zero-order valence-electron chi connectivity index (χ0n) is 15.9. The zero-order valence-corrected chi connectivity index (χ0v) is 15.9. The Morgan fingerprint density at radius 1 is 1.23 bits per heavy atom. The van der Waals surface area contributed by atoms with Crippen LogP contribution in [0.5, 0.6) is 0 Å². The highest BCUT2D eigenvalue weighted by Crippen LogP contribution is 2.64. The summed E-state index contributed by atoms with van der Waals surface area (Å²) in [7, 11) is 1.71. The highest BCUT2D eigenvalue weighted by atomic mass is 16.2. The van der Waals surface area contributed by atoms with Crippen LogP contribution in [0.15, 0.2) is 18.3 Å². The summed E-state index contributed by atoms with van der Waals surface area (Å²) in [6.45, 7) is 6.26. The van der Waals surface area contributed by atoms with E-state index >= 15 is 0 Å². The molecule has 140 valence electrons. The zero-order chi connectivity index (χ0) is 18.9. The molecule has 1 aromatic rings. The van der Waals surface area contributed by atoms with Crippen molar-refractivity contribution in [1.29, 1.82) is 0 Å². The van der Waals surface area contributed by atoms with Crippen LogP contribution in [-0.4, -0.2) is 51.6 Å². The van der Waals surface area contributed by atoms with E-state index in [0.717, 1.165) is 30.1 Å². The molecule has 4 atom stereocenters. The molecule has 1 aromatic heterocycles. The topological polar surface area (TPSA) is 73.5 Å². The molecule has 1 saturated heterocycles. The first-order valence-electron chi connectivity index (χ1n) is 9.45. The molecule has 1 aliphatic heterocycles. The Labute approximate surface area is 153 Å². The molecule has 0 spiro atoms. The SMILES string of the molecule is CN1C(=O)N(CC(=O)c2ccc[nH]2)C(=O)C1(C)[C@H]1CC[C@H]2C[C@@H]1C2(C)C. The van der Waals surface area contributed by atoms with Crippen LogP contribution in [-0.2, 0) is 4.79 Å². The van der Waals surface area contributed by atoms with Gasteiger partial charge >= 0.3 is 6.03 Å². The second kappa shape index (κ2) is 5.44. The van der Waals surface area contributed by atoms with Crippen molar-refractivity contribution >= 4 is 17.7 Å². The number of aromatic amines is 1. The molecule has 3 amide bonds. The number of Topliss-reactive ketones (excluding diaryl/α,β-unsaturated/α-hetero) is 1. The van der Waals surface area contributed by atoms with Gasteiger partial charge in [0.15, 0.2) is 5.78 Å². The first-order valence-corrected chi connectivity index (χ1v) is 9.45. The van der Waals surface area contributed by atoms with Gasteiger partial charge in [-0.05, 0) is 61.5 Å². The number of hydrogen-bond donors (Lipinski definition) is 1. The Morgan fingerprint density at radius 2 is 1.96 bits per heavy atom. The molecule has 6 heteroatoms. The van der Waals surface area contributed by atoms with Crippen LogP contribution in [0.2, 0.25) is 0 Å². The summed E-state index contributed by atoms with van der Waals surface area (Å²) >= 11 is 0. The van der Waals surface area contributed by atoms with Crippen molar-refractivity contribution in [1.82, 2.24) is 14.8 Å². The molecule has 3 aliphatic carbocycles. The molecular weight excluding hydrogens is 330 g/mol. The summed E-state index contributed by atoms with van der Waals surface area (Å²) < 4.78 is 0. The van der Waals surface area contributed by atoms with Crippen LogP contribution in [0.25, 0.3) is 0 Å². The number of amides is 3. The van der Waals surface area contributed by atoms with Gasteiger partial charge in [-0.2, -0.15) is 0 Å². The number of hydrogen-bond acceptors (Lipinski definition) is 3. The van der Waals surface area contributed by atoms with Gasteiger partial charge in [0.25, 0.3) is 5.91 Å². The highest BCUT2D eigenvalue weighted by Gasteiger charge is 2.65. The second-order valence-electron chi connectivity index (χ2n) is 8.93. The molecule has 2 bridgehead atoms. The quantitative estimate of drug-likeness (QED) is 0.665. The van der Waals surface area contributed by atoms with Crippen molar-refractivity contribution in [3.05, 3.63) is 24.0 Å². The Kier molecular flexibility index (Phi) is 3.62. The number of imide groups is 1. The number of fused-ring (bicyclic) bond motifs is 2. The van der Waals surface area contributed by atoms with E-state index in [2.05, 4.69) is 18.8 Å². The molecule has 3 saturated carbocycles. The molecule has 0 radical (unpaired) electrons. The minimum absolute atomic E-state index is 0.148. The fourth-order valence-electron chi connectivity index (χ4n) is 5.65. The standard InChI is InChI=1S/C20H27N3O3/c1-19(2)12-7-8-13(14(19)10-12)20(3)17(25)23(18(26)22(20)4)11-16(24)15-6-5-9-21-15/h5-6,9,12-14,21H,7-8,10-11H2,1-4H3/t12-,13-,14-,20?/m0/s1. The van der Waals surface area contributed by atoms with Crippen LogP contribution >= 0.6 is 0 Å². The van der Waals surface area contributed by atoms with Gasteiger partial charge in [-0.1, -0.05) is 13.8 Å². The maximum atomic E-state index is 13.3. The predicted molar refractivity (Wildman–Crippen MR) is 96.5 cm³/mol. The second-order valence-corrected chi connectivity index (χ2v) is 8.93. The average molecular weight is 357 g/mol. The fraction of sp³-hybridized carbons (Fsp3) is 0.650. The summed E-state index contributed by atoms with van der Waals surface area (Å²) in [5.41, 5.74) is -0.216. The molecule has 1 N–H and O–H groups in total. The smallest absolute Gasteiger partial charge is 0.327 e. The molecule has 0 aromatic carbocycles. The summed E-state index contributed by atoms with van der Waals surface area (Å²) in [5, 5.41) is 0. The van der Waals surface area contributed by atoms with Crippen LogP contribution in [0.1, 0.15) is 50.5 Å². The Bertz CT molecular complexity index is 767. The van der Waals surface area contributed by atoms with Gasteiger partial charge in [0.1, 0.15) is 5.54 Å². The van der Waals surface area contributed by atoms with Gasteiger partial charge in [-0.15, -0.1) is 0 Å². The number of H-pyrrole nitrogens is 1. The molecule has 2 heterocycles. The number of carbonyl (C=O) groups is 3. The molecule has 6 nitrogen and oxygen atoms in total. The minimum Gasteiger partial charge on any atom is -0.359 e. The lowest BCUT2D eigenvalue weighted by atomic mass is 9.43. The third-order valence-corrected chi connectivity index (χ3v) is 7.67. The van der Waals surface area contributed by atoms with Crippen LogP contribution in [0.4, 0.5) is 4.79 Å². The largest absolute Gasteiger partial charge is 0.359 e. The molecule has 5 rings (SSSR count). The number of nitrogens with zero attached hydrogens (tertiary/aromatic N) is 2. The number of rotatable bonds is 4. The molecular formula is C20H27N3O3. The summed E-state index contributed by atoms with van der Waals surface area (Å²) in [6, 6.07) is 3.03. The number of aromatic nitrogens is 1. The molecule has 1 unspecified atom stereocenters. The van der Waals surface area contributed by atoms with Gasteiger partial charge in [0, 0.05) is 13.2 Å². The lowest BCUT2D eigenvalue weighted by molar-refractivity contribution is -0.157. The van der Waals surface area contributed by atoms with Crippen molar-refractivity contribution in [3.8, 4) is 0 Å². The third kappa shape index (κ3) is 2.07. The number of ketones is 1. The van der Waals surface area contributed by atoms with E-state index in [-0.39, 0.29) is 35.6 Å². The fourth-order valence-corrected chi connectivity index (χ4v) is 5.65. The van der Waals surface area contributed by atoms with Crippen LogP contribution in [0.3, 0.4) is 0 Å². The van der Waals surface area contributed by atoms with Crippen molar-refractivity contribution in [2.45, 2.75) is 45.6 Å². The van der Waals surface area contributed by atoms with Gasteiger partial charge in [0.05, 0.1) is 12.2 Å². The number of urea groups is 1. The van der Waals surface area contributed by atoms with Gasteiger partial charge < -0.3 is 9.88 Å². The van der Waals surface area contributed by atoms with Crippen molar-refractivity contribution < 1.29 is 14.4 Å². The Morgan fingerprint density at radius 3 is 2.54 bits per heavy atom. The predicted octanol–water partition coefficient (Wildman–Crippen LogP) is 2.92. The van der Waals surface area contributed by atoms with Gasteiger partial charge in [0.2, 0.25) is 0 Å². The van der Waals surface area contributed by atoms with E-state index in [1.807, 2.05) is 6.92 Å². The van der Waals surface area contributed by atoms with Crippen molar-refractivity contribution in [2.24, 2.45) is 23.2 Å². The minimum atomic E-state index is -0.861. The molecule has 4 fully saturated rings. The first kappa shape index (κ1) is 17.3. The summed E-state index contributed by atoms with van der Waals surface area (Å²) in [4.78, 5) is 44.1. The van der Waals surface area contributed by atoms with Gasteiger partial charge in [-0.3, -0.25) is 14.5 Å². The van der Waals surface area contributed by atoms with Crippen molar-refractivity contribution in [3.63, 3.8) is 0 Å². The highest BCUT2D eigenvalue weighted by molar-refractivity contribution is 6.10. The Hall–Kier alpha value is -2.11. The number of nitrogens with one attached hydrogen (secondary N) is 1. The third-order valence-electron chi connectivity index (χ3n) is 7.67. The van der Waals surface area contributed by atoms with E-state index < -0.39 is 5.54 Å². The number of carbonyl (C=O) groups excluding carboxylic acids is 3. The van der Waals surface area contributed by atoms with Crippen molar-refractivity contribution in [2.75, 3.05) is 13.6 Å². The Balaban J connectivity index is 1.60. The number of likely N-dealkylation sites (N-methyl/N-ethyl adjacent to an activating group) is 1.